The summed E-state index contributed by atoms with van der Waals surface area (Å²) >= 11 is 0. The van der Waals surface area contributed by atoms with Crippen LogP contribution in [0.1, 0.15) is 15.9 Å². The number of benzene rings is 3. The smallest absolute Gasteiger partial charge is 0.267 e. The molecule has 0 atom stereocenters. The fourth-order valence-corrected chi connectivity index (χ4v) is 2.39. The standard InChI is InChI=1S/C20H15N3O3/c24-20(22-21-14-15-5-4-8-19(13-15)23(25)26)18-11-9-17(10-12-18)16-6-2-1-3-7-16/h1-14H,(H,22,24)/b21-14+. The molecule has 6 nitrogen and oxygen atoms in total. The Morgan fingerprint density at radius 2 is 1.62 bits per heavy atom. The second kappa shape index (κ2) is 7.85. The summed E-state index contributed by atoms with van der Waals surface area (Å²) in [6, 6.07) is 23.0. The minimum absolute atomic E-state index is 0.0308. The van der Waals surface area contributed by atoms with Gasteiger partial charge in [0.05, 0.1) is 11.1 Å². The van der Waals surface area contributed by atoms with E-state index in [4.69, 9.17) is 0 Å². The van der Waals surface area contributed by atoms with E-state index in [0.29, 0.717) is 11.1 Å². The lowest BCUT2D eigenvalue weighted by molar-refractivity contribution is -0.384. The van der Waals surface area contributed by atoms with E-state index in [9.17, 15) is 14.9 Å². The molecule has 0 aliphatic rings. The number of carbonyl (C=O) groups excluding carboxylic acids is 1. The number of hydrogen-bond donors (Lipinski definition) is 1. The Kier molecular flexibility index (Phi) is 5.14. The van der Waals surface area contributed by atoms with Gasteiger partial charge in [-0.1, -0.05) is 54.6 Å². The Labute approximate surface area is 150 Å². The van der Waals surface area contributed by atoms with Crippen LogP contribution >= 0.6 is 0 Å². The van der Waals surface area contributed by atoms with E-state index in [1.54, 1.807) is 24.3 Å². The van der Waals surface area contributed by atoms with Crippen LogP contribution in [0.3, 0.4) is 0 Å². The first-order chi connectivity index (χ1) is 12.6. The SMILES string of the molecule is O=C(N/N=C/c1cccc([N+](=O)[O-])c1)c1ccc(-c2ccccc2)cc1. The summed E-state index contributed by atoms with van der Waals surface area (Å²) in [7, 11) is 0. The molecule has 0 aliphatic heterocycles. The number of nitro groups is 1. The Morgan fingerprint density at radius 1 is 0.923 bits per heavy atom. The Bertz CT molecular complexity index is 952. The summed E-state index contributed by atoms with van der Waals surface area (Å²) in [5.74, 6) is -0.355. The molecule has 0 heterocycles. The minimum Gasteiger partial charge on any atom is -0.267 e. The number of nitro benzene ring substituents is 1. The van der Waals surface area contributed by atoms with Crippen molar-refractivity contribution in [2.45, 2.75) is 0 Å². The van der Waals surface area contributed by atoms with E-state index >= 15 is 0 Å². The maximum Gasteiger partial charge on any atom is 0.271 e. The molecule has 0 unspecified atom stereocenters. The summed E-state index contributed by atoms with van der Waals surface area (Å²) in [5, 5.41) is 14.6. The zero-order valence-corrected chi connectivity index (χ0v) is 13.7. The third-order valence-electron chi connectivity index (χ3n) is 3.71. The molecule has 6 heteroatoms. The van der Waals surface area contributed by atoms with Crippen LogP contribution in [-0.2, 0) is 0 Å². The molecule has 3 rings (SSSR count). The largest absolute Gasteiger partial charge is 0.271 e. The van der Waals surface area contributed by atoms with Gasteiger partial charge < -0.3 is 0 Å². The Hall–Kier alpha value is -3.80. The molecular formula is C20H15N3O3. The quantitative estimate of drug-likeness (QED) is 0.430. The lowest BCUT2D eigenvalue weighted by Crippen LogP contribution is -2.17. The van der Waals surface area contributed by atoms with Gasteiger partial charge in [0.2, 0.25) is 0 Å². The lowest BCUT2D eigenvalue weighted by atomic mass is 10.0. The molecule has 1 N–H and O–H groups in total. The van der Waals surface area contributed by atoms with Crippen LogP contribution in [0, 0.1) is 10.1 Å². The maximum absolute atomic E-state index is 12.1. The lowest BCUT2D eigenvalue weighted by Gasteiger charge is -2.03. The Morgan fingerprint density at radius 3 is 2.31 bits per heavy atom. The van der Waals surface area contributed by atoms with Crippen molar-refractivity contribution in [1.29, 1.82) is 0 Å². The number of nitrogens with zero attached hydrogens (tertiary/aromatic N) is 2. The van der Waals surface area contributed by atoms with Crippen molar-refractivity contribution in [1.82, 2.24) is 5.43 Å². The molecule has 0 saturated carbocycles. The van der Waals surface area contributed by atoms with Crippen molar-refractivity contribution < 1.29 is 9.72 Å². The van der Waals surface area contributed by atoms with Gasteiger partial charge >= 0.3 is 0 Å². The summed E-state index contributed by atoms with van der Waals surface area (Å²) < 4.78 is 0. The number of amides is 1. The van der Waals surface area contributed by atoms with Crippen molar-refractivity contribution in [2.24, 2.45) is 5.10 Å². The number of rotatable bonds is 5. The summed E-state index contributed by atoms with van der Waals surface area (Å²) in [4.78, 5) is 22.4. The predicted molar refractivity (Wildman–Crippen MR) is 100 cm³/mol. The van der Waals surface area contributed by atoms with Gasteiger partial charge in [0, 0.05) is 23.3 Å². The van der Waals surface area contributed by atoms with Gasteiger partial charge in [0.1, 0.15) is 0 Å². The van der Waals surface area contributed by atoms with Gasteiger partial charge in [0.15, 0.2) is 0 Å². The highest BCUT2D eigenvalue weighted by Gasteiger charge is 2.06. The van der Waals surface area contributed by atoms with Crippen LogP contribution in [0.15, 0.2) is 84.0 Å². The normalized spacial score (nSPS) is 10.6. The minimum atomic E-state index is -0.482. The highest BCUT2D eigenvalue weighted by atomic mass is 16.6. The number of hydrogen-bond acceptors (Lipinski definition) is 4. The monoisotopic (exact) mass is 345 g/mol. The van der Waals surface area contributed by atoms with Crippen LogP contribution in [0.5, 0.6) is 0 Å². The number of nitrogens with one attached hydrogen (secondary N) is 1. The second-order valence-corrected chi connectivity index (χ2v) is 5.49. The van der Waals surface area contributed by atoms with Crippen molar-refractivity contribution in [3.63, 3.8) is 0 Å². The van der Waals surface area contributed by atoms with Gasteiger partial charge in [-0.05, 0) is 23.3 Å². The van der Waals surface area contributed by atoms with E-state index in [2.05, 4.69) is 10.5 Å². The third-order valence-corrected chi connectivity index (χ3v) is 3.71. The average molecular weight is 345 g/mol. The highest BCUT2D eigenvalue weighted by Crippen LogP contribution is 2.19. The zero-order valence-electron chi connectivity index (χ0n) is 13.7. The van der Waals surface area contributed by atoms with Crippen molar-refractivity contribution in [2.75, 3.05) is 0 Å². The molecule has 0 saturated heterocycles. The maximum atomic E-state index is 12.1. The fraction of sp³-hybridized carbons (Fsp3) is 0. The van der Waals surface area contributed by atoms with Crippen LogP contribution in [0.2, 0.25) is 0 Å². The summed E-state index contributed by atoms with van der Waals surface area (Å²) in [6.45, 7) is 0. The van der Waals surface area contributed by atoms with Crippen LogP contribution in [0.25, 0.3) is 11.1 Å². The first-order valence-corrected chi connectivity index (χ1v) is 7.87. The first kappa shape index (κ1) is 17.0. The van der Waals surface area contributed by atoms with Crippen molar-refractivity contribution in [3.05, 3.63) is 100 Å². The number of carbonyl (C=O) groups is 1. The van der Waals surface area contributed by atoms with Gasteiger partial charge in [-0.3, -0.25) is 14.9 Å². The zero-order chi connectivity index (χ0) is 18.4. The molecular weight excluding hydrogens is 330 g/mol. The van der Waals surface area contributed by atoms with E-state index in [1.807, 2.05) is 42.5 Å². The summed E-state index contributed by atoms with van der Waals surface area (Å²) in [5.41, 5.74) is 5.47. The predicted octanol–water partition coefficient (Wildman–Crippen LogP) is 4.03. The molecule has 0 aliphatic carbocycles. The molecule has 0 spiro atoms. The topological polar surface area (TPSA) is 84.6 Å². The molecule has 1 amide bonds. The van der Waals surface area contributed by atoms with Gasteiger partial charge in [-0.2, -0.15) is 5.10 Å². The van der Waals surface area contributed by atoms with Crippen molar-refractivity contribution >= 4 is 17.8 Å². The second-order valence-electron chi connectivity index (χ2n) is 5.49. The van der Waals surface area contributed by atoms with Crippen LogP contribution in [-0.4, -0.2) is 17.0 Å². The molecule has 26 heavy (non-hydrogen) atoms. The molecule has 0 radical (unpaired) electrons. The van der Waals surface area contributed by atoms with Crippen LogP contribution < -0.4 is 5.43 Å². The molecule has 0 bridgehead atoms. The molecule has 3 aromatic rings. The van der Waals surface area contributed by atoms with E-state index in [0.717, 1.165) is 11.1 Å². The van der Waals surface area contributed by atoms with Crippen LogP contribution in [0.4, 0.5) is 5.69 Å². The fourth-order valence-electron chi connectivity index (χ4n) is 2.39. The van der Waals surface area contributed by atoms with E-state index in [1.165, 1.54) is 18.3 Å². The van der Waals surface area contributed by atoms with Gasteiger partial charge in [-0.25, -0.2) is 5.43 Å². The number of hydrazone groups is 1. The van der Waals surface area contributed by atoms with E-state index < -0.39 is 4.92 Å². The molecule has 128 valence electrons. The molecule has 3 aromatic carbocycles. The molecule has 0 aromatic heterocycles. The van der Waals surface area contributed by atoms with Crippen molar-refractivity contribution in [3.8, 4) is 11.1 Å². The van der Waals surface area contributed by atoms with Gasteiger partial charge in [0.25, 0.3) is 11.6 Å². The Balaban J connectivity index is 1.65. The first-order valence-electron chi connectivity index (χ1n) is 7.87. The van der Waals surface area contributed by atoms with Gasteiger partial charge in [-0.15, -0.1) is 0 Å². The molecule has 0 fully saturated rings. The van der Waals surface area contributed by atoms with E-state index in [-0.39, 0.29) is 11.6 Å². The summed E-state index contributed by atoms with van der Waals surface area (Å²) in [6.07, 6.45) is 1.36. The third kappa shape index (κ3) is 4.18. The average Bonchev–Trinajstić information content (AvgIpc) is 2.69. The highest BCUT2D eigenvalue weighted by molar-refractivity contribution is 5.95. The number of non-ortho nitro benzene ring substituents is 1.